The number of nitrogens with zero attached hydrogens (tertiary/aromatic N) is 1. The van der Waals surface area contributed by atoms with Crippen molar-refractivity contribution in [3.63, 3.8) is 0 Å². The van der Waals surface area contributed by atoms with Gasteiger partial charge in [0.2, 0.25) is 5.91 Å². The van der Waals surface area contributed by atoms with E-state index in [0.29, 0.717) is 25.2 Å². The maximum atomic E-state index is 13.3. The van der Waals surface area contributed by atoms with Crippen LogP contribution in [0.15, 0.2) is 24.3 Å². The van der Waals surface area contributed by atoms with Crippen LogP contribution < -0.4 is 5.32 Å². The third-order valence-corrected chi connectivity index (χ3v) is 4.11. The van der Waals surface area contributed by atoms with Crippen molar-refractivity contribution in [3.8, 4) is 0 Å². The SMILES string of the molecule is CC(C)(C)C(=O)NCC1CCCN(C(=O)c2cccc(F)c2)C1. The smallest absolute Gasteiger partial charge is 0.253 e. The van der Waals surface area contributed by atoms with E-state index in [1.54, 1.807) is 17.0 Å². The molecular formula is C18H25FN2O2. The van der Waals surface area contributed by atoms with Crippen molar-refractivity contribution >= 4 is 11.8 Å². The molecule has 126 valence electrons. The first-order valence-corrected chi connectivity index (χ1v) is 8.10. The van der Waals surface area contributed by atoms with Crippen LogP contribution in [-0.4, -0.2) is 36.3 Å². The molecule has 1 aliphatic heterocycles. The topological polar surface area (TPSA) is 49.4 Å². The third-order valence-electron chi connectivity index (χ3n) is 4.11. The third kappa shape index (κ3) is 4.78. The number of rotatable bonds is 3. The predicted molar refractivity (Wildman–Crippen MR) is 87.5 cm³/mol. The normalized spacial score (nSPS) is 18.6. The van der Waals surface area contributed by atoms with E-state index in [1.807, 2.05) is 20.8 Å². The number of likely N-dealkylation sites (tertiary alicyclic amines) is 1. The molecule has 1 atom stereocenters. The Labute approximate surface area is 137 Å². The van der Waals surface area contributed by atoms with Gasteiger partial charge in [0.15, 0.2) is 0 Å². The van der Waals surface area contributed by atoms with E-state index in [-0.39, 0.29) is 17.7 Å². The number of halogens is 1. The van der Waals surface area contributed by atoms with Crippen LogP contribution in [-0.2, 0) is 4.79 Å². The number of carbonyl (C=O) groups is 2. The fourth-order valence-corrected chi connectivity index (χ4v) is 2.72. The van der Waals surface area contributed by atoms with E-state index < -0.39 is 11.2 Å². The van der Waals surface area contributed by atoms with Crippen molar-refractivity contribution in [2.45, 2.75) is 33.6 Å². The molecule has 0 aliphatic carbocycles. The van der Waals surface area contributed by atoms with E-state index in [1.165, 1.54) is 12.1 Å². The summed E-state index contributed by atoms with van der Waals surface area (Å²) >= 11 is 0. The highest BCUT2D eigenvalue weighted by Crippen LogP contribution is 2.19. The Morgan fingerprint density at radius 1 is 1.35 bits per heavy atom. The molecular weight excluding hydrogens is 295 g/mol. The zero-order valence-corrected chi connectivity index (χ0v) is 14.1. The summed E-state index contributed by atoms with van der Waals surface area (Å²) in [6, 6.07) is 5.79. The van der Waals surface area contributed by atoms with Gasteiger partial charge in [0.25, 0.3) is 5.91 Å². The van der Waals surface area contributed by atoms with Gasteiger partial charge in [0.1, 0.15) is 5.82 Å². The first-order chi connectivity index (χ1) is 10.8. The molecule has 1 aliphatic rings. The second kappa shape index (κ2) is 7.11. The van der Waals surface area contributed by atoms with Crippen molar-refractivity contribution < 1.29 is 14.0 Å². The molecule has 0 bridgehead atoms. The zero-order chi connectivity index (χ0) is 17.0. The van der Waals surface area contributed by atoms with Gasteiger partial charge in [-0.2, -0.15) is 0 Å². The molecule has 2 amide bonds. The van der Waals surface area contributed by atoms with E-state index in [2.05, 4.69) is 5.32 Å². The molecule has 1 aromatic rings. The Morgan fingerprint density at radius 2 is 2.09 bits per heavy atom. The molecule has 1 heterocycles. The van der Waals surface area contributed by atoms with E-state index in [9.17, 15) is 14.0 Å². The Bertz CT molecular complexity index is 581. The van der Waals surface area contributed by atoms with Crippen LogP contribution in [0.2, 0.25) is 0 Å². The molecule has 23 heavy (non-hydrogen) atoms. The highest BCUT2D eigenvalue weighted by atomic mass is 19.1. The molecule has 0 aromatic heterocycles. The number of nitrogens with one attached hydrogen (secondary N) is 1. The summed E-state index contributed by atoms with van der Waals surface area (Å²) in [6.07, 6.45) is 1.88. The highest BCUT2D eigenvalue weighted by molar-refractivity contribution is 5.94. The minimum Gasteiger partial charge on any atom is -0.355 e. The molecule has 0 spiro atoms. The second-order valence-electron chi connectivity index (χ2n) is 7.23. The molecule has 1 saturated heterocycles. The number of hydrogen-bond acceptors (Lipinski definition) is 2. The van der Waals surface area contributed by atoms with E-state index in [0.717, 1.165) is 12.8 Å². The van der Waals surface area contributed by atoms with Crippen LogP contribution in [0.25, 0.3) is 0 Å². The second-order valence-corrected chi connectivity index (χ2v) is 7.23. The molecule has 0 radical (unpaired) electrons. The predicted octanol–water partition coefficient (Wildman–Crippen LogP) is 2.84. The number of hydrogen-bond donors (Lipinski definition) is 1. The highest BCUT2D eigenvalue weighted by Gasteiger charge is 2.27. The summed E-state index contributed by atoms with van der Waals surface area (Å²) in [7, 11) is 0. The van der Waals surface area contributed by atoms with Crippen LogP contribution in [0, 0.1) is 17.2 Å². The first-order valence-electron chi connectivity index (χ1n) is 8.10. The minimum atomic E-state index is -0.411. The number of amides is 2. The van der Waals surface area contributed by atoms with Crippen molar-refractivity contribution in [2.24, 2.45) is 11.3 Å². The standard InChI is InChI=1S/C18H25FN2O2/c1-18(2,3)17(23)20-11-13-6-5-9-21(12-13)16(22)14-7-4-8-15(19)10-14/h4,7-8,10,13H,5-6,9,11-12H2,1-3H3,(H,20,23). The molecule has 1 fully saturated rings. The van der Waals surface area contributed by atoms with Gasteiger partial charge in [-0.25, -0.2) is 4.39 Å². The number of benzene rings is 1. The van der Waals surface area contributed by atoms with Crippen LogP contribution in [0.4, 0.5) is 4.39 Å². The van der Waals surface area contributed by atoms with Crippen LogP contribution in [0.5, 0.6) is 0 Å². The molecule has 0 saturated carbocycles. The average molecular weight is 320 g/mol. The molecule has 1 aromatic carbocycles. The number of carbonyl (C=O) groups excluding carboxylic acids is 2. The van der Waals surface area contributed by atoms with Crippen LogP contribution in [0.1, 0.15) is 44.0 Å². The summed E-state index contributed by atoms with van der Waals surface area (Å²) in [5.74, 6) is -0.281. The van der Waals surface area contributed by atoms with Gasteiger partial charge in [-0.05, 0) is 37.0 Å². The quantitative estimate of drug-likeness (QED) is 0.931. The Kier molecular flexibility index (Phi) is 5.39. The van der Waals surface area contributed by atoms with Gasteiger partial charge < -0.3 is 10.2 Å². The van der Waals surface area contributed by atoms with Crippen molar-refractivity contribution in [2.75, 3.05) is 19.6 Å². The molecule has 1 unspecified atom stereocenters. The lowest BCUT2D eigenvalue weighted by molar-refractivity contribution is -0.128. The largest absolute Gasteiger partial charge is 0.355 e. The molecule has 1 N–H and O–H groups in total. The summed E-state index contributed by atoms with van der Waals surface area (Å²) in [4.78, 5) is 26.2. The maximum Gasteiger partial charge on any atom is 0.253 e. The monoisotopic (exact) mass is 320 g/mol. The molecule has 4 nitrogen and oxygen atoms in total. The van der Waals surface area contributed by atoms with Gasteiger partial charge in [-0.3, -0.25) is 9.59 Å². The van der Waals surface area contributed by atoms with Gasteiger partial charge >= 0.3 is 0 Å². The summed E-state index contributed by atoms with van der Waals surface area (Å²) in [5.41, 5.74) is -0.0319. The average Bonchev–Trinajstić information content (AvgIpc) is 2.51. The van der Waals surface area contributed by atoms with Crippen LogP contribution >= 0.6 is 0 Å². The summed E-state index contributed by atoms with van der Waals surface area (Å²) in [6.45, 7) is 7.48. The first kappa shape index (κ1) is 17.4. The Balaban J connectivity index is 1.93. The van der Waals surface area contributed by atoms with Gasteiger partial charge in [-0.1, -0.05) is 26.8 Å². The van der Waals surface area contributed by atoms with E-state index in [4.69, 9.17) is 0 Å². The molecule has 5 heteroatoms. The molecule has 2 rings (SSSR count). The summed E-state index contributed by atoms with van der Waals surface area (Å²) < 4.78 is 13.3. The Hall–Kier alpha value is -1.91. The minimum absolute atomic E-state index is 0.0195. The van der Waals surface area contributed by atoms with Gasteiger partial charge in [0, 0.05) is 30.6 Å². The van der Waals surface area contributed by atoms with E-state index >= 15 is 0 Å². The fraction of sp³-hybridized carbons (Fsp3) is 0.556. The lowest BCUT2D eigenvalue weighted by Gasteiger charge is -2.33. The van der Waals surface area contributed by atoms with Gasteiger partial charge in [0.05, 0.1) is 0 Å². The van der Waals surface area contributed by atoms with Crippen molar-refractivity contribution in [3.05, 3.63) is 35.6 Å². The summed E-state index contributed by atoms with van der Waals surface area (Å²) in [5, 5.41) is 2.96. The Morgan fingerprint density at radius 3 is 2.74 bits per heavy atom. The van der Waals surface area contributed by atoms with Crippen molar-refractivity contribution in [1.29, 1.82) is 0 Å². The van der Waals surface area contributed by atoms with Crippen LogP contribution in [0.3, 0.4) is 0 Å². The van der Waals surface area contributed by atoms with Gasteiger partial charge in [-0.15, -0.1) is 0 Å². The lowest BCUT2D eigenvalue weighted by atomic mass is 9.94. The lowest BCUT2D eigenvalue weighted by Crippen LogP contribution is -2.45. The zero-order valence-electron chi connectivity index (χ0n) is 14.1. The van der Waals surface area contributed by atoms with Crippen molar-refractivity contribution in [1.82, 2.24) is 10.2 Å². The maximum absolute atomic E-state index is 13.3. The fourth-order valence-electron chi connectivity index (χ4n) is 2.72. The number of piperidine rings is 1.